The van der Waals surface area contributed by atoms with E-state index in [1.165, 1.54) is 20.8 Å². The van der Waals surface area contributed by atoms with Gasteiger partial charge in [-0.2, -0.15) is 26.3 Å². The van der Waals surface area contributed by atoms with E-state index in [0.717, 1.165) is 14.0 Å². The van der Waals surface area contributed by atoms with Crippen LogP contribution in [0, 0.1) is 0 Å². The van der Waals surface area contributed by atoms with Crippen molar-refractivity contribution in [2.75, 3.05) is 7.11 Å². The van der Waals surface area contributed by atoms with Crippen LogP contribution in [-0.4, -0.2) is 63.3 Å². The van der Waals surface area contributed by atoms with Gasteiger partial charge in [-0.1, -0.05) is 0 Å². The zero-order valence-electron chi connectivity index (χ0n) is 19.2. The Kier molecular flexibility index (Phi) is 9.96. The van der Waals surface area contributed by atoms with Gasteiger partial charge in [0.15, 0.2) is 0 Å². The molecule has 0 saturated heterocycles. The van der Waals surface area contributed by atoms with Crippen LogP contribution in [0.2, 0.25) is 0 Å². The largest absolute Gasteiger partial charge is 0.469 e. The summed E-state index contributed by atoms with van der Waals surface area (Å²) in [6.07, 6.45) is -12.7. The molecule has 0 aliphatic heterocycles. The summed E-state index contributed by atoms with van der Waals surface area (Å²) >= 11 is 0. The van der Waals surface area contributed by atoms with Gasteiger partial charge in [-0.05, 0) is 41.5 Å². The lowest BCUT2D eigenvalue weighted by Crippen LogP contribution is -2.62. The zero-order chi connectivity index (χ0) is 26.6. The van der Waals surface area contributed by atoms with Crippen LogP contribution >= 0.6 is 0 Å². The highest BCUT2D eigenvalue weighted by Crippen LogP contribution is 2.35. The molecule has 8 nitrogen and oxygen atoms in total. The third kappa shape index (κ3) is 8.76. The first kappa shape index (κ1) is 31.1. The standard InChI is InChI=1S/C18H29F6N3O5S/c1-10(13(30)26-15(5,17(19,20)21)9-12(29)32-7)25-11(28)8-16(6,18(22,23)24)27-33(31)14(2,3)4/h10,27H,8-9H2,1-7H3,(H,25,28)(H,26,30)/t10-,15+,16+,33-/m0/s1. The molecule has 15 heteroatoms. The number of hydrogen-bond donors (Lipinski definition) is 3. The van der Waals surface area contributed by atoms with Gasteiger partial charge in [0, 0.05) is 0 Å². The van der Waals surface area contributed by atoms with Gasteiger partial charge in [0.2, 0.25) is 11.8 Å². The normalized spacial score (nSPS) is 18.3. The van der Waals surface area contributed by atoms with E-state index in [4.69, 9.17) is 0 Å². The number of methoxy groups -OCH3 is 1. The Morgan fingerprint density at radius 2 is 1.33 bits per heavy atom. The van der Waals surface area contributed by atoms with E-state index in [1.807, 2.05) is 10.0 Å². The first-order chi connectivity index (χ1) is 14.5. The molecule has 0 aromatic rings. The maximum atomic E-state index is 13.6. The van der Waals surface area contributed by atoms with E-state index >= 15 is 0 Å². The van der Waals surface area contributed by atoms with Gasteiger partial charge >= 0.3 is 18.3 Å². The van der Waals surface area contributed by atoms with Gasteiger partial charge in [0.05, 0.1) is 35.7 Å². The molecule has 0 aromatic heterocycles. The minimum atomic E-state index is -5.09. The fourth-order valence-corrected chi connectivity index (χ4v) is 3.09. The molecule has 0 bridgehead atoms. The fourth-order valence-electron chi connectivity index (χ4n) is 2.19. The second-order valence-corrected chi connectivity index (χ2v) is 10.8. The van der Waals surface area contributed by atoms with Crippen molar-refractivity contribution >= 4 is 28.8 Å². The van der Waals surface area contributed by atoms with Crippen LogP contribution < -0.4 is 15.4 Å². The number of amides is 2. The van der Waals surface area contributed by atoms with E-state index in [9.17, 15) is 44.9 Å². The summed E-state index contributed by atoms with van der Waals surface area (Å²) in [5.74, 6) is -4.00. The van der Waals surface area contributed by atoms with Crippen LogP contribution in [0.3, 0.4) is 0 Å². The SMILES string of the molecule is COC(=O)C[C@@](C)(NC(=O)[C@H](C)NC(=O)C[C@@](C)(N[S@@](=O)C(C)(C)C)C(F)(F)F)C(F)(F)F. The summed E-state index contributed by atoms with van der Waals surface area (Å²) < 4.78 is 98.1. The first-order valence-corrected chi connectivity index (χ1v) is 10.7. The number of alkyl halides is 6. The van der Waals surface area contributed by atoms with E-state index in [2.05, 4.69) is 4.74 Å². The third-order valence-electron chi connectivity index (χ3n) is 4.53. The predicted molar refractivity (Wildman–Crippen MR) is 107 cm³/mol. The van der Waals surface area contributed by atoms with Crippen molar-refractivity contribution in [3.63, 3.8) is 0 Å². The van der Waals surface area contributed by atoms with Gasteiger partial charge in [0.25, 0.3) is 0 Å². The van der Waals surface area contributed by atoms with E-state index in [0.29, 0.717) is 13.8 Å². The van der Waals surface area contributed by atoms with Gasteiger partial charge in [0.1, 0.15) is 17.1 Å². The number of esters is 1. The molecule has 0 fully saturated rings. The molecule has 0 rings (SSSR count). The molecular formula is C18H29F6N3O5S. The third-order valence-corrected chi connectivity index (χ3v) is 6.28. The summed E-state index contributed by atoms with van der Waals surface area (Å²) in [7, 11) is -1.37. The number of carbonyl (C=O) groups excluding carboxylic acids is 3. The average Bonchev–Trinajstić information content (AvgIpc) is 2.58. The molecule has 0 radical (unpaired) electrons. The molecule has 194 valence electrons. The summed E-state index contributed by atoms with van der Waals surface area (Å²) in [5, 5.41) is 3.47. The molecule has 0 aliphatic carbocycles. The number of carbonyl (C=O) groups is 3. The van der Waals surface area contributed by atoms with Gasteiger partial charge in [-0.3, -0.25) is 14.4 Å². The Labute approximate surface area is 190 Å². The van der Waals surface area contributed by atoms with Gasteiger partial charge in [-0.15, -0.1) is 0 Å². The molecule has 2 amide bonds. The lowest BCUT2D eigenvalue weighted by atomic mass is 9.96. The van der Waals surface area contributed by atoms with Crippen molar-refractivity contribution in [2.45, 2.75) is 88.6 Å². The van der Waals surface area contributed by atoms with Crippen LogP contribution in [0.4, 0.5) is 26.3 Å². The summed E-state index contributed by atoms with van der Waals surface area (Å²) in [6, 6.07) is -1.69. The quantitative estimate of drug-likeness (QED) is 0.323. The van der Waals surface area contributed by atoms with Crippen molar-refractivity contribution in [1.82, 2.24) is 15.4 Å². The number of nitrogens with one attached hydrogen (secondary N) is 3. The Morgan fingerprint density at radius 1 is 0.879 bits per heavy atom. The van der Waals surface area contributed by atoms with Gasteiger partial charge < -0.3 is 15.4 Å². The average molecular weight is 514 g/mol. The van der Waals surface area contributed by atoms with Crippen LogP contribution in [0.1, 0.15) is 54.4 Å². The Bertz CT molecular complexity index is 768. The highest BCUT2D eigenvalue weighted by atomic mass is 32.2. The number of halogens is 6. The summed E-state index contributed by atoms with van der Waals surface area (Å²) in [5.41, 5.74) is -6.02. The highest BCUT2D eigenvalue weighted by molar-refractivity contribution is 7.84. The second kappa shape index (κ2) is 10.6. The van der Waals surface area contributed by atoms with E-state index in [-0.39, 0.29) is 0 Å². The molecule has 4 atom stereocenters. The maximum absolute atomic E-state index is 13.6. The molecule has 33 heavy (non-hydrogen) atoms. The first-order valence-electron chi connectivity index (χ1n) is 9.50. The lowest BCUT2D eigenvalue weighted by Gasteiger charge is -2.35. The smallest absolute Gasteiger partial charge is 0.411 e. The predicted octanol–water partition coefficient (Wildman–Crippen LogP) is 2.25. The minimum absolute atomic E-state index is 0.517. The van der Waals surface area contributed by atoms with E-state index < -0.39 is 75.8 Å². The molecule has 3 N–H and O–H groups in total. The topological polar surface area (TPSA) is 114 Å². The molecule has 0 saturated carbocycles. The number of ether oxygens (including phenoxy) is 1. The van der Waals surface area contributed by atoms with Crippen molar-refractivity contribution in [3.05, 3.63) is 0 Å². The second-order valence-electron chi connectivity index (χ2n) is 8.85. The van der Waals surface area contributed by atoms with Gasteiger partial charge in [-0.25, -0.2) is 8.93 Å². The zero-order valence-corrected chi connectivity index (χ0v) is 20.0. The summed E-state index contributed by atoms with van der Waals surface area (Å²) in [6.45, 7) is 6.29. The van der Waals surface area contributed by atoms with Crippen LogP contribution in [0.25, 0.3) is 0 Å². The monoisotopic (exact) mass is 513 g/mol. The van der Waals surface area contributed by atoms with E-state index in [1.54, 1.807) is 5.32 Å². The van der Waals surface area contributed by atoms with Crippen LogP contribution in [-0.2, 0) is 30.1 Å². The molecule has 0 heterocycles. The Morgan fingerprint density at radius 3 is 1.70 bits per heavy atom. The molecule has 0 aromatic carbocycles. The Hall–Kier alpha value is -1.90. The maximum Gasteiger partial charge on any atom is 0.411 e. The molecule has 0 aliphatic rings. The van der Waals surface area contributed by atoms with Crippen molar-refractivity contribution in [3.8, 4) is 0 Å². The highest BCUT2D eigenvalue weighted by Gasteiger charge is 2.55. The molecule has 0 unspecified atom stereocenters. The van der Waals surface area contributed by atoms with Crippen molar-refractivity contribution in [2.24, 2.45) is 0 Å². The number of rotatable bonds is 9. The molecular weight excluding hydrogens is 484 g/mol. The minimum Gasteiger partial charge on any atom is -0.469 e. The number of hydrogen-bond acceptors (Lipinski definition) is 5. The molecule has 0 spiro atoms. The lowest BCUT2D eigenvalue weighted by molar-refractivity contribution is -0.200. The Balaban J connectivity index is 5.49. The van der Waals surface area contributed by atoms with Crippen molar-refractivity contribution < 1.29 is 49.7 Å². The fraction of sp³-hybridized carbons (Fsp3) is 0.833. The van der Waals surface area contributed by atoms with Crippen LogP contribution in [0.15, 0.2) is 0 Å². The van der Waals surface area contributed by atoms with Crippen LogP contribution in [0.5, 0.6) is 0 Å². The summed E-state index contributed by atoms with van der Waals surface area (Å²) in [4.78, 5) is 35.8. The van der Waals surface area contributed by atoms with Crippen molar-refractivity contribution in [1.29, 1.82) is 0 Å².